The molecule has 0 bridgehead atoms. The quantitative estimate of drug-likeness (QED) is 0.529. The van der Waals surface area contributed by atoms with Crippen LogP contribution in [0.2, 0.25) is 0 Å². The SMILES string of the molecule is COC(c1ccccc1)c1c(C)oc(-c2ccccc2)c1I. The van der Waals surface area contributed by atoms with Crippen molar-refractivity contribution in [3.63, 3.8) is 0 Å². The third-order valence-electron chi connectivity index (χ3n) is 3.71. The lowest BCUT2D eigenvalue weighted by Crippen LogP contribution is -2.05. The van der Waals surface area contributed by atoms with E-state index in [0.29, 0.717) is 0 Å². The smallest absolute Gasteiger partial charge is 0.147 e. The van der Waals surface area contributed by atoms with Gasteiger partial charge in [0, 0.05) is 18.2 Å². The first-order valence-corrected chi connectivity index (χ1v) is 8.22. The number of hydrogen-bond acceptors (Lipinski definition) is 2. The monoisotopic (exact) mass is 404 g/mol. The first kappa shape index (κ1) is 15.3. The van der Waals surface area contributed by atoms with Gasteiger partial charge in [-0.1, -0.05) is 60.7 Å². The van der Waals surface area contributed by atoms with Crippen LogP contribution in [0.25, 0.3) is 11.3 Å². The van der Waals surface area contributed by atoms with Gasteiger partial charge in [-0.25, -0.2) is 0 Å². The third kappa shape index (κ3) is 2.83. The maximum atomic E-state index is 6.05. The highest BCUT2D eigenvalue weighted by molar-refractivity contribution is 14.1. The molecule has 22 heavy (non-hydrogen) atoms. The lowest BCUT2D eigenvalue weighted by atomic mass is 10.0. The van der Waals surface area contributed by atoms with Gasteiger partial charge >= 0.3 is 0 Å². The molecule has 0 radical (unpaired) electrons. The van der Waals surface area contributed by atoms with Crippen molar-refractivity contribution in [2.75, 3.05) is 7.11 Å². The Bertz CT molecular complexity index is 748. The summed E-state index contributed by atoms with van der Waals surface area (Å²) in [7, 11) is 1.74. The van der Waals surface area contributed by atoms with Crippen LogP contribution in [-0.2, 0) is 4.74 Å². The van der Waals surface area contributed by atoms with Crippen LogP contribution in [0.4, 0.5) is 0 Å². The van der Waals surface area contributed by atoms with Crippen LogP contribution in [0.3, 0.4) is 0 Å². The minimum Gasteiger partial charge on any atom is -0.460 e. The molecule has 1 heterocycles. The molecule has 0 fully saturated rings. The van der Waals surface area contributed by atoms with Crippen LogP contribution in [0.1, 0.15) is 23.0 Å². The van der Waals surface area contributed by atoms with E-state index in [9.17, 15) is 0 Å². The zero-order valence-corrected chi connectivity index (χ0v) is 14.7. The van der Waals surface area contributed by atoms with Gasteiger partial charge in [0.05, 0.1) is 3.57 Å². The highest BCUT2D eigenvalue weighted by Gasteiger charge is 2.25. The second kappa shape index (κ2) is 6.67. The van der Waals surface area contributed by atoms with E-state index in [2.05, 4.69) is 46.9 Å². The van der Waals surface area contributed by atoms with E-state index in [1.165, 1.54) is 0 Å². The van der Waals surface area contributed by atoms with Gasteiger partial charge in [0.25, 0.3) is 0 Å². The van der Waals surface area contributed by atoms with Crippen molar-refractivity contribution >= 4 is 22.6 Å². The average Bonchev–Trinajstić information content (AvgIpc) is 2.86. The molecular formula is C19H17IO2. The summed E-state index contributed by atoms with van der Waals surface area (Å²) in [5, 5.41) is 0. The lowest BCUT2D eigenvalue weighted by Gasteiger charge is -2.16. The fourth-order valence-electron chi connectivity index (χ4n) is 2.65. The first-order valence-electron chi connectivity index (χ1n) is 7.14. The molecule has 2 nitrogen and oxygen atoms in total. The number of aryl methyl sites for hydroxylation is 1. The number of rotatable bonds is 4. The zero-order chi connectivity index (χ0) is 15.5. The standard InChI is InChI=1S/C19H17IO2/c1-13-16(18(21-2)14-9-5-3-6-10-14)17(20)19(22-13)15-11-7-4-8-12-15/h3-12,18H,1-2H3. The number of halogens is 1. The summed E-state index contributed by atoms with van der Waals surface area (Å²) in [6, 6.07) is 20.4. The van der Waals surface area contributed by atoms with E-state index in [4.69, 9.17) is 9.15 Å². The normalized spacial score (nSPS) is 12.3. The number of hydrogen-bond donors (Lipinski definition) is 0. The van der Waals surface area contributed by atoms with E-state index in [1.54, 1.807) is 7.11 Å². The van der Waals surface area contributed by atoms with Crippen LogP contribution >= 0.6 is 22.6 Å². The number of benzene rings is 2. The molecule has 0 spiro atoms. The fourth-order valence-corrected chi connectivity index (χ4v) is 3.74. The summed E-state index contributed by atoms with van der Waals surface area (Å²) >= 11 is 2.36. The fraction of sp³-hybridized carbons (Fsp3) is 0.158. The maximum absolute atomic E-state index is 6.05. The molecule has 1 aromatic heterocycles. The molecule has 1 unspecified atom stereocenters. The second-order valence-corrected chi connectivity index (χ2v) is 6.19. The first-order chi connectivity index (χ1) is 10.7. The van der Waals surface area contributed by atoms with Crippen molar-refractivity contribution in [1.82, 2.24) is 0 Å². The molecule has 3 heteroatoms. The summed E-state index contributed by atoms with van der Waals surface area (Å²) in [5.74, 6) is 1.81. The molecule has 2 aromatic carbocycles. The van der Waals surface area contributed by atoms with Crippen molar-refractivity contribution in [2.45, 2.75) is 13.0 Å². The Morgan fingerprint density at radius 3 is 2.14 bits per heavy atom. The van der Waals surface area contributed by atoms with Gasteiger partial charge in [-0.15, -0.1) is 0 Å². The van der Waals surface area contributed by atoms with Crippen LogP contribution in [-0.4, -0.2) is 7.11 Å². The highest BCUT2D eigenvalue weighted by atomic mass is 127. The van der Waals surface area contributed by atoms with Gasteiger partial charge in [-0.3, -0.25) is 0 Å². The number of methoxy groups -OCH3 is 1. The van der Waals surface area contributed by atoms with E-state index < -0.39 is 0 Å². The van der Waals surface area contributed by atoms with E-state index in [0.717, 1.165) is 31.8 Å². The van der Waals surface area contributed by atoms with Crippen LogP contribution in [0.15, 0.2) is 65.1 Å². The summed E-state index contributed by atoms with van der Waals surface area (Å²) in [6.07, 6.45) is -0.116. The lowest BCUT2D eigenvalue weighted by molar-refractivity contribution is 0.134. The minimum atomic E-state index is -0.116. The predicted octanol–water partition coefficient (Wildman–Crippen LogP) is 5.60. The Balaban J connectivity index is 2.10. The summed E-state index contributed by atoms with van der Waals surface area (Å²) in [5.41, 5.74) is 3.32. The summed E-state index contributed by atoms with van der Waals surface area (Å²) < 4.78 is 12.9. The molecule has 3 rings (SSSR count). The molecule has 0 amide bonds. The van der Waals surface area contributed by atoms with E-state index in [-0.39, 0.29) is 6.10 Å². The van der Waals surface area contributed by atoms with Gasteiger partial charge in [0.15, 0.2) is 0 Å². The molecule has 3 aromatic rings. The Morgan fingerprint density at radius 1 is 0.955 bits per heavy atom. The van der Waals surface area contributed by atoms with Gasteiger partial charge in [-0.05, 0) is 35.1 Å². The van der Waals surface area contributed by atoms with Gasteiger partial charge in [0.1, 0.15) is 17.6 Å². The Labute approximate surface area is 144 Å². The zero-order valence-electron chi connectivity index (χ0n) is 12.5. The van der Waals surface area contributed by atoms with Crippen molar-refractivity contribution in [3.8, 4) is 11.3 Å². The summed E-state index contributed by atoms with van der Waals surface area (Å²) in [6.45, 7) is 2.00. The summed E-state index contributed by atoms with van der Waals surface area (Å²) in [4.78, 5) is 0. The van der Waals surface area contributed by atoms with Crippen LogP contribution in [0.5, 0.6) is 0 Å². The van der Waals surface area contributed by atoms with Crippen molar-refractivity contribution in [3.05, 3.63) is 81.1 Å². The van der Waals surface area contributed by atoms with Crippen molar-refractivity contribution in [2.24, 2.45) is 0 Å². The topological polar surface area (TPSA) is 22.4 Å². The maximum Gasteiger partial charge on any atom is 0.147 e. The third-order valence-corrected chi connectivity index (χ3v) is 4.78. The van der Waals surface area contributed by atoms with Crippen LogP contribution in [0, 0.1) is 10.5 Å². The molecule has 0 aliphatic carbocycles. The molecule has 0 saturated carbocycles. The molecule has 1 atom stereocenters. The minimum absolute atomic E-state index is 0.116. The molecule has 0 saturated heterocycles. The second-order valence-electron chi connectivity index (χ2n) is 5.11. The Kier molecular flexibility index (Phi) is 4.64. The molecule has 0 N–H and O–H groups in total. The largest absolute Gasteiger partial charge is 0.460 e. The highest BCUT2D eigenvalue weighted by Crippen LogP contribution is 2.39. The number of furan rings is 1. The predicted molar refractivity (Wildman–Crippen MR) is 96.9 cm³/mol. The van der Waals surface area contributed by atoms with E-state index >= 15 is 0 Å². The van der Waals surface area contributed by atoms with Crippen LogP contribution < -0.4 is 0 Å². The Hall–Kier alpha value is -1.59. The molecular weight excluding hydrogens is 387 g/mol. The Morgan fingerprint density at radius 2 is 1.55 bits per heavy atom. The van der Waals surface area contributed by atoms with Gasteiger partial charge in [0.2, 0.25) is 0 Å². The van der Waals surface area contributed by atoms with Gasteiger partial charge in [-0.2, -0.15) is 0 Å². The van der Waals surface area contributed by atoms with Gasteiger partial charge < -0.3 is 9.15 Å². The van der Waals surface area contributed by atoms with Crippen molar-refractivity contribution in [1.29, 1.82) is 0 Å². The number of ether oxygens (including phenoxy) is 1. The molecule has 0 aliphatic heterocycles. The average molecular weight is 404 g/mol. The molecule has 112 valence electrons. The molecule has 0 aliphatic rings. The van der Waals surface area contributed by atoms with E-state index in [1.807, 2.05) is 43.3 Å². The van der Waals surface area contributed by atoms with Crippen molar-refractivity contribution < 1.29 is 9.15 Å².